The number of rotatable bonds is 4. The maximum absolute atomic E-state index is 12.7. The standard InChI is InChI=1S/C19H21N7O/c1-12-17(13(2)23-11-22-12)18(27)24-14-6-9-26(10-14)19-21-8-5-16(25-19)15-4-3-7-20-15/h3-5,7-8,11,14,20H,6,9-10H2,1-2H3,(H,24,27). The van der Waals surface area contributed by atoms with Gasteiger partial charge in [0.2, 0.25) is 5.95 Å². The maximum Gasteiger partial charge on any atom is 0.255 e. The van der Waals surface area contributed by atoms with E-state index in [0.717, 1.165) is 24.4 Å². The van der Waals surface area contributed by atoms with Gasteiger partial charge in [-0.15, -0.1) is 0 Å². The zero-order chi connectivity index (χ0) is 18.8. The van der Waals surface area contributed by atoms with Crippen LogP contribution in [0, 0.1) is 13.8 Å². The van der Waals surface area contributed by atoms with Crippen LogP contribution in [-0.4, -0.2) is 50.0 Å². The summed E-state index contributed by atoms with van der Waals surface area (Å²) >= 11 is 0. The second-order valence-corrected chi connectivity index (χ2v) is 6.65. The Hall–Kier alpha value is -3.29. The first-order valence-electron chi connectivity index (χ1n) is 8.92. The lowest BCUT2D eigenvalue weighted by Gasteiger charge is -2.18. The summed E-state index contributed by atoms with van der Waals surface area (Å²) in [5.41, 5.74) is 3.75. The molecule has 0 spiro atoms. The average Bonchev–Trinajstić information content (AvgIpc) is 3.34. The van der Waals surface area contributed by atoms with Crippen LogP contribution in [0.4, 0.5) is 5.95 Å². The molecule has 3 aromatic heterocycles. The van der Waals surface area contributed by atoms with Gasteiger partial charge in [-0.3, -0.25) is 4.79 Å². The molecule has 8 heteroatoms. The highest BCUT2D eigenvalue weighted by Crippen LogP contribution is 2.20. The molecule has 1 atom stereocenters. The van der Waals surface area contributed by atoms with Crippen LogP contribution in [-0.2, 0) is 0 Å². The Kier molecular flexibility index (Phi) is 4.53. The van der Waals surface area contributed by atoms with Crippen molar-refractivity contribution in [2.24, 2.45) is 0 Å². The maximum atomic E-state index is 12.7. The molecule has 8 nitrogen and oxygen atoms in total. The van der Waals surface area contributed by atoms with Crippen LogP contribution < -0.4 is 10.2 Å². The van der Waals surface area contributed by atoms with Gasteiger partial charge in [0, 0.05) is 31.5 Å². The van der Waals surface area contributed by atoms with Crippen LogP contribution in [0.25, 0.3) is 11.4 Å². The molecule has 0 aromatic carbocycles. The lowest BCUT2D eigenvalue weighted by Crippen LogP contribution is -2.38. The van der Waals surface area contributed by atoms with Gasteiger partial charge in [0.25, 0.3) is 5.91 Å². The van der Waals surface area contributed by atoms with Crippen molar-refractivity contribution in [3.8, 4) is 11.4 Å². The Balaban J connectivity index is 1.45. The summed E-state index contributed by atoms with van der Waals surface area (Å²) in [7, 11) is 0. The van der Waals surface area contributed by atoms with Crippen LogP contribution in [0.1, 0.15) is 28.2 Å². The molecule has 0 aliphatic carbocycles. The van der Waals surface area contributed by atoms with Crippen molar-refractivity contribution in [2.75, 3.05) is 18.0 Å². The topological polar surface area (TPSA) is 99.7 Å². The molecule has 0 bridgehead atoms. The van der Waals surface area contributed by atoms with Crippen LogP contribution in [0.15, 0.2) is 36.9 Å². The lowest BCUT2D eigenvalue weighted by molar-refractivity contribution is 0.0938. The number of nitrogens with one attached hydrogen (secondary N) is 2. The van der Waals surface area contributed by atoms with E-state index in [4.69, 9.17) is 0 Å². The average molecular weight is 363 g/mol. The van der Waals surface area contributed by atoms with E-state index in [-0.39, 0.29) is 11.9 Å². The van der Waals surface area contributed by atoms with E-state index in [1.54, 1.807) is 6.20 Å². The van der Waals surface area contributed by atoms with Gasteiger partial charge in [-0.25, -0.2) is 19.9 Å². The molecule has 3 aromatic rings. The lowest BCUT2D eigenvalue weighted by atomic mass is 10.1. The first kappa shape index (κ1) is 17.1. The van der Waals surface area contributed by atoms with Crippen LogP contribution in [0.5, 0.6) is 0 Å². The van der Waals surface area contributed by atoms with Crippen LogP contribution in [0.3, 0.4) is 0 Å². The molecular weight excluding hydrogens is 342 g/mol. The number of hydrogen-bond acceptors (Lipinski definition) is 6. The van der Waals surface area contributed by atoms with Gasteiger partial charge >= 0.3 is 0 Å². The summed E-state index contributed by atoms with van der Waals surface area (Å²) in [5, 5.41) is 3.10. The van der Waals surface area contributed by atoms with Crippen molar-refractivity contribution in [3.63, 3.8) is 0 Å². The van der Waals surface area contributed by atoms with Gasteiger partial charge < -0.3 is 15.2 Å². The molecular formula is C19H21N7O. The smallest absolute Gasteiger partial charge is 0.255 e. The molecule has 0 saturated carbocycles. The van der Waals surface area contributed by atoms with Crippen molar-refractivity contribution in [2.45, 2.75) is 26.3 Å². The van der Waals surface area contributed by atoms with Gasteiger partial charge in [-0.05, 0) is 38.5 Å². The predicted molar refractivity (Wildman–Crippen MR) is 101 cm³/mol. The van der Waals surface area contributed by atoms with Gasteiger partial charge in [0.15, 0.2) is 0 Å². The number of carbonyl (C=O) groups excluding carboxylic acids is 1. The van der Waals surface area contributed by atoms with Crippen molar-refractivity contribution in [3.05, 3.63) is 53.9 Å². The molecule has 1 aliphatic heterocycles. The number of amides is 1. The molecule has 4 heterocycles. The summed E-state index contributed by atoms with van der Waals surface area (Å²) in [4.78, 5) is 35.2. The van der Waals surface area contributed by atoms with E-state index in [0.29, 0.717) is 29.4 Å². The largest absolute Gasteiger partial charge is 0.360 e. The van der Waals surface area contributed by atoms with Crippen molar-refractivity contribution >= 4 is 11.9 Å². The summed E-state index contributed by atoms with van der Waals surface area (Å²) in [6.45, 7) is 5.11. The first-order chi connectivity index (χ1) is 13.1. The summed E-state index contributed by atoms with van der Waals surface area (Å²) < 4.78 is 0. The van der Waals surface area contributed by atoms with Crippen LogP contribution in [0.2, 0.25) is 0 Å². The Morgan fingerprint density at radius 2 is 2.04 bits per heavy atom. The Morgan fingerprint density at radius 1 is 1.22 bits per heavy atom. The van der Waals surface area contributed by atoms with Crippen molar-refractivity contribution in [1.82, 2.24) is 30.2 Å². The number of aryl methyl sites for hydroxylation is 2. The fraction of sp³-hybridized carbons (Fsp3) is 0.316. The monoisotopic (exact) mass is 363 g/mol. The van der Waals surface area contributed by atoms with E-state index >= 15 is 0 Å². The van der Waals surface area contributed by atoms with E-state index in [2.05, 4.69) is 35.1 Å². The number of carbonyl (C=O) groups is 1. The Bertz CT molecular complexity index is 934. The SMILES string of the molecule is Cc1ncnc(C)c1C(=O)NC1CCN(c2nccc(-c3ccc[nH]3)n2)C1. The molecule has 0 radical (unpaired) electrons. The quantitative estimate of drug-likeness (QED) is 0.734. The van der Waals surface area contributed by atoms with Crippen molar-refractivity contribution in [1.29, 1.82) is 0 Å². The highest BCUT2D eigenvalue weighted by molar-refractivity contribution is 5.96. The molecule has 1 unspecified atom stereocenters. The first-order valence-corrected chi connectivity index (χ1v) is 8.92. The highest BCUT2D eigenvalue weighted by atomic mass is 16.1. The van der Waals surface area contributed by atoms with Gasteiger partial charge in [0.1, 0.15) is 6.33 Å². The molecule has 1 aliphatic rings. The minimum absolute atomic E-state index is 0.0363. The number of anilines is 1. The highest BCUT2D eigenvalue weighted by Gasteiger charge is 2.27. The van der Waals surface area contributed by atoms with E-state index in [1.807, 2.05) is 38.2 Å². The number of aromatic amines is 1. The Morgan fingerprint density at radius 3 is 2.78 bits per heavy atom. The molecule has 4 rings (SSSR count). The molecule has 27 heavy (non-hydrogen) atoms. The molecule has 1 fully saturated rings. The van der Waals surface area contributed by atoms with Gasteiger partial charge in [0.05, 0.1) is 28.3 Å². The molecule has 138 valence electrons. The van der Waals surface area contributed by atoms with Gasteiger partial charge in [-0.2, -0.15) is 0 Å². The van der Waals surface area contributed by atoms with Crippen molar-refractivity contribution < 1.29 is 4.79 Å². The summed E-state index contributed by atoms with van der Waals surface area (Å²) in [6.07, 6.45) is 5.95. The normalized spacial score (nSPS) is 16.5. The third-order valence-corrected chi connectivity index (χ3v) is 4.78. The summed E-state index contributed by atoms with van der Waals surface area (Å²) in [6, 6.07) is 5.84. The van der Waals surface area contributed by atoms with Gasteiger partial charge in [-0.1, -0.05) is 0 Å². The second-order valence-electron chi connectivity index (χ2n) is 6.65. The van der Waals surface area contributed by atoms with E-state index in [9.17, 15) is 4.79 Å². The molecule has 2 N–H and O–H groups in total. The molecule has 1 amide bonds. The summed E-state index contributed by atoms with van der Waals surface area (Å²) in [5.74, 6) is 0.549. The number of hydrogen-bond donors (Lipinski definition) is 2. The molecule has 1 saturated heterocycles. The van der Waals surface area contributed by atoms with Crippen LogP contribution >= 0.6 is 0 Å². The predicted octanol–water partition coefficient (Wildman–Crippen LogP) is 1.89. The minimum Gasteiger partial charge on any atom is -0.360 e. The fourth-order valence-electron chi connectivity index (χ4n) is 3.38. The number of H-pyrrole nitrogens is 1. The second kappa shape index (κ2) is 7.14. The zero-order valence-electron chi connectivity index (χ0n) is 15.3. The number of nitrogens with zero attached hydrogens (tertiary/aromatic N) is 5. The third-order valence-electron chi connectivity index (χ3n) is 4.78. The fourth-order valence-corrected chi connectivity index (χ4v) is 3.38. The third kappa shape index (κ3) is 3.51. The Labute approximate surface area is 157 Å². The van der Waals surface area contributed by atoms with E-state index in [1.165, 1.54) is 6.33 Å². The number of aromatic nitrogens is 5. The minimum atomic E-state index is -0.126. The van der Waals surface area contributed by atoms with E-state index < -0.39 is 0 Å². The zero-order valence-corrected chi connectivity index (χ0v) is 15.3.